The van der Waals surface area contributed by atoms with Crippen molar-refractivity contribution in [3.8, 4) is 5.75 Å². The van der Waals surface area contributed by atoms with Gasteiger partial charge in [0.1, 0.15) is 5.75 Å². The SMILES string of the molecule is C=Cc1c(OC)ccc2c1C=CCC2.CCOC(=O)c1ccc(C)cc1. The van der Waals surface area contributed by atoms with E-state index in [-0.39, 0.29) is 5.97 Å². The Hall–Kier alpha value is -2.81. The number of carbonyl (C=O) groups is 1. The quantitative estimate of drug-likeness (QED) is 0.686. The Balaban J connectivity index is 0.000000190. The summed E-state index contributed by atoms with van der Waals surface area (Å²) in [5.41, 5.74) is 5.53. The summed E-state index contributed by atoms with van der Waals surface area (Å²) >= 11 is 0. The molecule has 0 radical (unpaired) electrons. The molecule has 0 fully saturated rings. The summed E-state index contributed by atoms with van der Waals surface area (Å²) in [6, 6.07) is 11.5. The first-order valence-electron chi connectivity index (χ1n) is 8.83. The van der Waals surface area contributed by atoms with Crippen molar-refractivity contribution in [3.05, 3.63) is 76.9 Å². The monoisotopic (exact) mass is 350 g/mol. The minimum absolute atomic E-state index is 0.252. The second kappa shape index (κ2) is 9.62. The minimum Gasteiger partial charge on any atom is -0.496 e. The first-order chi connectivity index (χ1) is 12.6. The van der Waals surface area contributed by atoms with Crippen LogP contribution >= 0.6 is 0 Å². The van der Waals surface area contributed by atoms with Gasteiger partial charge in [-0.15, -0.1) is 0 Å². The van der Waals surface area contributed by atoms with E-state index in [1.807, 2.05) is 31.2 Å². The summed E-state index contributed by atoms with van der Waals surface area (Å²) in [5, 5.41) is 0. The standard InChI is InChI=1S/C13H14O.C10H12O2/c1-3-11-12-7-5-4-6-10(12)8-9-13(11)14-2;1-3-12-10(11)9-6-4-8(2)5-7-9/h3,5,7-9H,1,4,6H2,2H3;4-7H,3H2,1-2H3. The van der Waals surface area contributed by atoms with Crippen molar-refractivity contribution in [2.24, 2.45) is 0 Å². The lowest BCUT2D eigenvalue weighted by Gasteiger charge is -2.15. The zero-order valence-corrected chi connectivity index (χ0v) is 15.7. The number of hydrogen-bond acceptors (Lipinski definition) is 3. The maximum absolute atomic E-state index is 11.1. The first kappa shape index (κ1) is 19.5. The molecular formula is C23H26O3. The summed E-state index contributed by atoms with van der Waals surface area (Å²) < 4.78 is 10.1. The van der Waals surface area contributed by atoms with Gasteiger partial charge in [-0.3, -0.25) is 0 Å². The van der Waals surface area contributed by atoms with Crippen LogP contribution in [-0.4, -0.2) is 19.7 Å². The first-order valence-corrected chi connectivity index (χ1v) is 8.83. The number of methoxy groups -OCH3 is 1. The van der Waals surface area contributed by atoms with Gasteiger partial charge in [0.15, 0.2) is 0 Å². The predicted octanol–water partition coefficient (Wildman–Crippen LogP) is 5.47. The molecule has 2 aromatic rings. The molecule has 0 bridgehead atoms. The second-order valence-corrected chi connectivity index (χ2v) is 5.99. The van der Waals surface area contributed by atoms with E-state index < -0.39 is 0 Å². The molecule has 1 aliphatic carbocycles. The van der Waals surface area contributed by atoms with Crippen molar-refractivity contribution in [2.75, 3.05) is 13.7 Å². The number of hydrogen-bond donors (Lipinski definition) is 0. The molecule has 3 nitrogen and oxygen atoms in total. The molecule has 26 heavy (non-hydrogen) atoms. The molecule has 0 N–H and O–H groups in total. The number of esters is 1. The van der Waals surface area contributed by atoms with Gasteiger partial charge in [-0.2, -0.15) is 0 Å². The summed E-state index contributed by atoms with van der Waals surface area (Å²) in [4.78, 5) is 11.1. The fourth-order valence-electron chi connectivity index (χ4n) is 2.81. The molecule has 0 saturated heterocycles. The molecule has 0 spiro atoms. The van der Waals surface area contributed by atoms with Gasteiger partial charge < -0.3 is 9.47 Å². The second-order valence-electron chi connectivity index (χ2n) is 5.99. The Kier molecular flexibility index (Phi) is 7.22. The minimum atomic E-state index is -0.252. The van der Waals surface area contributed by atoms with Crippen LogP contribution in [0.15, 0.2) is 49.1 Å². The van der Waals surface area contributed by atoms with E-state index in [9.17, 15) is 4.79 Å². The number of benzene rings is 2. The van der Waals surface area contributed by atoms with Crippen LogP contribution in [0.4, 0.5) is 0 Å². The third kappa shape index (κ3) is 4.85. The third-order valence-electron chi connectivity index (χ3n) is 4.19. The number of fused-ring (bicyclic) bond motifs is 1. The highest BCUT2D eigenvalue weighted by atomic mass is 16.5. The lowest BCUT2D eigenvalue weighted by atomic mass is 9.92. The predicted molar refractivity (Wildman–Crippen MR) is 108 cm³/mol. The van der Waals surface area contributed by atoms with Crippen molar-refractivity contribution in [1.82, 2.24) is 0 Å². The normalized spacial score (nSPS) is 11.7. The molecule has 0 saturated carbocycles. The van der Waals surface area contributed by atoms with Crippen molar-refractivity contribution in [1.29, 1.82) is 0 Å². The van der Waals surface area contributed by atoms with Gasteiger partial charge >= 0.3 is 5.97 Å². The van der Waals surface area contributed by atoms with Gasteiger partial charge in [-0.1, -0.05) is 48.6 Å². The van der Waals surface area contributed by atoms with E-state index in [4.69, 9.17) is 9.47 Å². The van der Waals surface area contributed by atoms with E-state index in [0.717, 1.165) is 29.7 Å². The molecule has 3 heteroatoms. The topological polar surface area (TPSA) is 35.5 Å². The largest absolute Gasteiger partial charge is 0.496 e. The molecule has 0 aliphatic heterocycles. The Morgan fingerprint density at radius 1 is 1.19 bits per heavy atom. The van der Waals surface area contributed by atoms with Gasteiger partial charge in [0.25, 0.3) is 0 Å². The maximum atomic E-state index is 11.1. The average Bonchev–Trinajstić information content (AvgIpc) is 2.68. The van der Waals surface area contributed by atoms with Crippen LogP contribution < -0.4 is 4.74 Å². The van der Waals surface area contributed by atoms with Crippen LogP contribution in [0.5, 0.6) is 5.75 Å². The summed E-state index contributed by atoms with van der Waals surface area (Å²) in [7, 11) is 1.70. The van der Waals surface area contributed by atoms with Gasteiger partial charge in [0.05, 0.1) is 19.3 Å². The summed E-state index contributed by atoms with van der Waals surface area (Å²) in [5.74, 6) is 0.655. The zero-order valence-electron chi connectivity index (χ0n) is 15.7. The number of rotatable bonds is 4. The highest BCUT2D eigenvalue weighted by Crippen LogP contribution is 2.30. The molecular weight excluding hydrogens is 324 g/mol. The molecule has 3 rings (SSSR count). The zero-order chi connectivity index (χ0) is 18.9. The van der Waals surface area contributed by atoms with Crippen molar-refractivity contribution >= 4 is 18.1 Å². The summed E-state index contributed by atoms with van der Waals surface area (Å²) in [6.45, 7) is 8.04. The highest BCUT2D eigenvalue weighted by molar-refractivity contribution is 5.89. The van der Waals surface area contributed by atoms with Gasteiger partial charge in [0.2, 0.25) is 0 Å². The Labute approximate surface area is 156 Å². The fourth-order valence-corrected chi connectivity index (χ4v) is 2.81. The van der Waals surface area contributed by atoms with Gasteiger partial charge in [0, 0.05) is 5.56 Å². The van der Waals surface area contributed by atoms with E-state index >= 15 is 0 Å². The van der Waals surface area contributed by atoms with E-state index in [1.165, 1.54) is 11.1 Å². The molecule has 0 atom stereocenters. The molecule has 0 heterocycles. The van der Waals surface area contributed by atoms with Crippen LogP contribution in [0.3, 0.4) is 0 Å². The maximum Gasteiger partial charge on any atom is 0.338 e. The molecule has 0 unspecified atom stereocenters. The molecule has 1 aliphatic rings. The fraction of sp³-hybridized carbons (Fsp3) is 0.261. The number of aryl methyl sites for hydroxylation is 2. The molecule has 2 aromatic carbocycles. The van der Waals surface area contributed by atoms with Crippen molar-refractivity contribution in [2.45, 2.75) is 26.7 Å². The smallest absolute Gasteiger partial charge is 0.338 e. The van der Waals surface area contributed by atoms with Gasteiger partial charge in [-0.25, -0.2) is 4.79 Å². The van der Waals surface area contributed by atoms with Crippen LogP contribution in [0.2, 0.25) is 0 Å². The molecule has 136 valence electrons. The molecule has 0 aromatic heterocycles. The van der Waals surface area contributed by atoms with Gasteiger partial charge in [-0.05, 0) is 56.0 Å². The van der Waals surface area contributed by atoms with Crippen LogP contribution in [0.25, 0.3) is 12.2 Å². The lowest BCUT2D eigenvalue weighted by molar-refractivity contribution is 0.0526. The van der Waals surface area contributed by atoms with E-state index in [2.05, 4.69) is 24.8 Å². The van der Waals surface area contributed by atoms with Crippen LogP contribution in [-0.2, 0) is 11.2 Å². The number of allylic oxidation sites excluding steroid dienone is 1. The Morgan fingerprint density at radius 3 is 2.54 bits per heavy atom. The van der Waals surface area contributed by atoms with Crippen LogP contribution in [0.1, 0.15) is 46.0 Å². The number of ether oxygens (including phenoxy) is 2. The van der Waals surface area contributed by atoms with E-state index in [1.54, 1.807) is 26.2 Å². The van der Waals surface area contributed by atoms with Crippen molar-refractivity contribution < 1.29 is 14.3 Å². The molecule has 0 amide bonds. The lowest BCUT2D eigenvalue weighted by Crippen LogP contribution is -2.03. The van der Waals surface area contributed by atoms with Crippen LogP contribution in [0, 0.1) is 6.92 Å². The summed E-state index contributed by atoms with van der Waals surface area (Å²) in [6.07, 6.45) is 8.49. The Bertz CT molecular complexity index is 786. The Morgan fingerprint density at radius 2 is 1.92 bits per heavy atom. The van der Waals surface area contributed by atoms with E-state index in [0.29, 0.717) is 12.2 Å². The number of carbonyl (C=O) groups excluding carboxylic acids is 1. The third-order valence-corrected chi connectivity index (χ3v) is 4.19. The van der Waals surface area contributed by atoms with Crippen molar-refractivity contribution in [3.63, 3.8) is 0 Å². The highest BCUT2D eigenvalue weighted by Gasteiger charge is 2.11. The average molecular weight is 350 g/mol.